The number of nitrogens with zero attached hydrogens (tertiary/aromatic N) is 1. The lowest BCUT2D eigenvalue weighted by Gasteiger charge is -2.19. The molecule has 0 fully saturated rings. The number of carbonyl (C=O) groups is 1. The Balaban J connectivity index is 3.03. The Kier molecular flexibility index (Phi) is 5.78. The van der Waals surface area contributed by atoms with Crippen LogP contribution < -0.4 is 0 Å². The van der Waals surface area contributed by atoms with Gasteiger partial charge in [-0.2, -0.15) is 0 Å². The summed E-state index contributed by atoms with van der Waals surface area (Å²) in [5.41, 5.74) is 4.72. The third-order valence-corrected chi connectivity index (χ3v) is 8.38. The third-order valence-electron chi connectivity index (χ3n) is 3.66. The molecule has 0 aliphatic carbocycles. The van der Waals surface area contributed by atoms with Crippen molar-refractivity contribution in [1.82, 2.24) is 4.98 Å². The summed E-state index contributed by atoms with van der Waals surface area (Å²) in [6.07, 6.45) is 3.20. The van der Waals surface area contributed by atoms with Crippen LogP contribution >= 0.6 is 0 Å². The predicted octanol–water partition coefficient (Wildman–Crippen LogP) is 3.27. The summed E-state index contributed by atoms with van der Waals surface area (Å²) in [7, 11) is -0.0932. The van der Waals surface area contributed by atoms with Crippen LogP contribution in [0.15, 0.2) is 18.5 Å². The summed E-state index contributed by atoms with van der Waals surface area (Å²) in [6, 6.07) is 5.23. The fourth-order valence-corrected chi connectivity index (χ4v) is 4.40. The van der Waals surface area contributed by atoms with Crippen LogP contribution in [0, 0.1) is 11.5 Å². The summed E-state index contributed by atoms with van der Waals surface area (Å²) in [4.78, 5) is 15.5. The highest BCUT2D eigenvalue weighted by atomic mass is 28.3. The molecule has 0 atom stereocenters. The number of ether oxygens (including phenoxy) is 1. The van der Waals surface area contributed by atoms with Crippen molar-refractivity contribution < 1.29 is 9.53 Å². The number of hydrogen-bond acceptors (Lipinski definition) is 3. The fraction of sp³-hybridized carbons (Fsp3) is 0.467. The Morgan fingerprint density at radius 1 is 1.26 bits per heavy atom. The fourth-order valence-electron chi connectivity index (χ4n) is 1.96. The first-order valence-electron chi connectivity index (χ1n) is 6.67. The zero-order chi connectivity index (χ0) is 14.3. The summed E-state index contributed by atoms with van der Waals surface area (Å²) in [6.45, 7) is 6.66. The molecule has 0 aliphatic rings. The Bertz CT molecular complexity index is 490. The molecule has 102 valence electrons. The highest BCUT2D eigenvalue weighted by molar-refractivity contribution is 6.87. The van der Waals surface area contributed by atoms with Crippen LogP contribution in [-0.2, 0) is 4.74 Å². The molecule has 19 heavy (non-hydrogen) atoms. The molecule has 0 radical (unpaired) electrons. The maximum atomic E-state index is 11.4. The van der Waals surface area contributed by atoms with Gasteiger partial charge in [0.2, 0.25) is 0 Å². The standard InChI is InChI=1S/C15H21NO2Si/c1-5-19(6-2,7-3)9-8-13-10-14(12-16-11-13)15(17)18-4/h10-12H,5-7H2,1-4H3. The van der Waals surface area contributed by atoms with Gasteiger partial charge in [-0.05, 0) is 24.2 Å². The zero-order valence-electron chi connectivity index (χ0n) is 12.1. The minimum Gasteiger partial charge on any atom is -0.465 e. The van der Waals surface area contributed by atoms with E-state index in [1.807, 2.05) is 0 Å². The maximum absolute atomic E-state index is 11.4. The van der Waals surface area contributed by atoms with Gasteiger partial charge in [-0.25, -0.2) is 4.79 Å². The van der Waals surface area contributed by atoms with E-state index in [4.69, 9.17) is 0 Å². The first kappa shape index (κ1) is 15.5. The zero-order valence-corrected chi connectivity index (χ0v) is 13.1. The molecule has 0 amide bonds. The van der Waals surface area contributed by atoms with Crippen molar-refractivity contribution in [3.05, 3.63) is 29.6 Å². The number of carbonyl (C=O) groups excluding carboxylic acids is 1. The second kappa shape index (κ2) is 7.10. The Hall–Kier alpha value is -1.60. The lowest BCUT2D eigenvalue weighted by atomic mass is 10.2. The van der Waals surface area contributed by atoms with Crippen LogP contribution in [0.1, 0.15) is 36.7 Å². The van der Waals surface area contributed by atoms with E-state index >= 15 is 0 Å². The molecular formula is C15H21NO2Si. The molecule has 0 unspecified atom stereocenters. The van der Waals surface area contributed by atoms with Crippen molar-refractivity contribution in [2.45, 2.75) is 38.9 Å². The van der Waals surface area contributed by atoms with E-state index < -0.39 is 8.07 Å². The van der Waals surface area contributed by atoms with Crippen LogP contribution in [0.25, 0.3) is 0 Å². The van der Waals surface area contributed by atoms with Gasteiger partial charge >= 0.3 is 5.97 Å². The van der Waals surface area contributed by atoms with E-state index in [2.05, 4.69) is 42.0 Å². The molecule has 0 saturated heterocycles. The molecule has 4 heteroatoms. The Morgan fingerprint density at radius 2 is 1.89 bits per heavy atom. The highest BCUT2D eigenvalue weighted by Gasteiger charge is 2.24. The van der Waals surface area contributed by atoms with Crippen LogP contribution in [0.3, 0.4) is 0 Å². The molecule has 0 N–H and O–H groups in total. The monoisotopic (exact) mass is 275 g/mol. The van der Waals surface area contributed by atoms with Crippen molar-refractivity contribution >= 4 is 14.0 Å². The van der Waals surface area contributed by atoms with Gasteiger partial charge in [0.05, 0.1) is 12.7 Å². The Labute approximate surface area is 116 Å². The van der Waals surface area contributed by atoms with Crippen molar-refractivity contribution in [1.29, 1.82) is 0 Å². The van der Waals surface area contributed by atoms with Gasteiger partial charge in [0.15, 0.2) is 0 Å². The van der Waals surface area contributed by atoms with Gasteiger partial charge in [-0.1, -0.05) is 26.7 Å². The van der Waals surface area contributed by atoms with Gasteiger partial charge in [-0.15, -0.1) is 5.54 Å². The van der Waals surface area contributed by atoms with E-state index in [1.165, 1.54) is 13.3 Å². The number of hydrogen-bond donors (Lipinski definition) is 0. The van der Waals surface area contributed by atoms with Crippen LogP contribution in [-0.4, -0.2) is 26.1 Å². The molecule has 0 spiro atoms. The molecule has 0 aliphatic heterocycles. The smallest absolute Gasteiger partial charge is 0.339 e. The van der Waals surface area contributed by atoms with Gasteiger partial charge in [0, 0.05) is 18.0 Å². The number of pyridine rings is 1. The first-order valence-corrected chi connectivity index (χ1v) is 9.29. The molecule has 1 aromatic rings. The van der Waals surface area contributed by atoms with Crippen molar-refractivity contribution in [3.63, 3.8) is 0 Å². The van der Waals surface area contributed by atoms with Crippen LogP contribution in [0.5, 0.6) is 0 Å². The second-order valence-corrected chi connectivity index (χ2v) is 9.48. The second-order valence-electron chi connectivity index (χ2n) is 4.54. The van der Waals surface area contributed by atoms with Gasteiger partial charge in [0.25, 0.3) is 0 Å². The average Bonchev–Trinajstić information content (AvgIpc) is 2.48. The minimum absolute atomic E-state index is 0.374. The molecule has 1 aromatic heterocycles. The summed E-state index contributed by atoms with van der Waals surface area (Å²) in [5, 5.41) is 0. The van der Waals surface area contributed by atoms with Gasteiger partial charge < -0.3 is 4.74 Å². The highest BCUT2D eigenvalue weighted by Crippen LogP contribution is 2.19. The van der Waals surface area contributed by atoms with Crippen LogP contribution in [0.2, 0.25) is 18.1 Å². The van der Waals surface area contributed by atoms with Crippen molar-refractivity contribution in [2.24, 2.45) is 0 Å². The molecule has 1 heterocycles. The van der Waals surface area contributed by atoms with E-state index in [-0.39, 0.29) is 5.97 Å². The number of rotatable bonds is 4. The van der Waals surface area contributed by atoms with E-state index in [0.29, 0.717) is 5.56 Å². The Morgan fingerprint density at radius 3 is 2.42 bits per heavy atom. The van der Waals surface area contributed by atoms with Gasteiger partial charge in [-0.3, -0.25) is 4.98 Å². The van der Waals surface area contributed by atoms with Gasteiger partial charge in [0.1, 0.15) is 8.07 Å². The quantitative estimate of drug-likeness (QED) is 0.481. The average molecular weight is 275 g/mol. The SMILES string of the molecule is CC[Si](C#Cc1cncc(C(=O)OC)c1)(CC)CC. The molecular weight excluding hydrogens is 254 g/mol. The van der Waals surface area contributed by atoms with Crippen LogP contribution in [0.4, 0.5) is 0 Å². The summed E-state index contributed by atoms with van der Waals surface area (Å²) < 4.78 is 4.68. The van der Waals surface area contributed by atoms with E-state index in [1.54, 1.807) is 12.3 Å². The van der Waals surface area contributed by atoms with E-state index in [0.717, 1.165) is 23.7 Å². The predicted molar refractivity (Wildman–Crippen MR) is 79.7 cm³/mol. The number of methoxy groups -OCH3 is 1. The number of aromatic nitrogens is 1. The lowest BCUT2D eigenvalue weighted by Crippen LogP contribution is -2.29. The molecule has 3 nitrogen and oxygen atoms in total. The summed E-state index contributed by atoms with van der Waals surface area (Å²) >= 11 is 0. The lowest BCUT2D eigenvalue weighted by molar-refractivity contribution is 0.0600. The van der Waals surface area contributed by atoms with Crippen molar-refractivity contribution in [2.75, 3.05) is 7.11 Å². The van der Waals surface area contributed by atoms with Crippen molar-refractivity contribution in [3.8, 4) is 11.5 Å². The van der Waals surface area contributed by atoms with E-state index in [9.17, 15) is 4.79 Å². The summed E-state index contributed by atoms with van der Waals surface area (Å²) in [5.74, 6) is 2.83. The maximum Gasteiger partial charge on any atom is 0.339 e. The topological polar surface area (TPSA) is 39.2 Å². The first-order chi connectivity index (χ1) is 9.10. The molecule has 0 aromatic carbocycles. The largest absolute Gasteiger partial charge is 0.465 e. The normalized spacial score (nSPS) is 10.5. The molecule has 0 bridgehead atoms. The third kappa shape index (κ3) is 3.93. The minimum atomic E-state index is -1.46. The number of esters is 1. The molecule has 1 rings (SSSR count). The molecule has 0 saturated carbocycles.